The summed E-state index contributed by atoms with van der Waals surface area (Å²) >= 11 is 0. The third-order valence-electron chi connectivity index (χ3n) is 4.67. The molecular weight excluding hydrogens is 148 g/mol. The quantitative estimate of drug-likeness (QED) is 0.581. The fourth-order valence-corrected chi connectivity index (χ4v) is 4.29. The zero-order valence-corrected chi connectivity index (χ0v) is 7.83. The van der Waals surface area contributed by atoms with Gasteiger partial charge < -0.3 is 4.74 Å². The summed E-state index contributed by atoms with van der Waals surface area (Å²) < 4.78 is 5.58. The zero-order valence-electron chi connectivity index (χ0n) is 7.83. The van der Waals surface area contributed by atoms with Crippen LogP contribution in [0.1, 0.15) is 32.1 Å². The van der Waals surface area contributed by atoms with Crippen LogP contribution in [0.25, 0.3) is 0 Å². The normalized spacial score (nSPS) is 56.2. The topological polar surface area (TPSA) is 9.23 Å². The van der Waals surface area contributed by atoms with Gasteiger partial charge in [0.05, 0.1) is 6.10 Å². The van der Waals surface area contributed by atoms with Gasteiger partial charge in [-0.2, -0.15) is 0 Å². The SMILES string of the molecule is CO[C@@H]1CC[C@@H]2[C@@H]3CC[C@H](C3)[C@@H]21. The first kappa shape index (κ1) is 7.37. The van der Waals surface area contributed by atoms with Gasteiger partial charge in [0.2, 0.25) is 0 Å². The summed E-state index contributed by atoms with van der Waals surface area (Å²) in [6.07, 6.45) is 8.01. The summed E-state index contributed by atoms with van der Waals surface area (Å²) in [6, 6.07) is 0. The van der Waals surface area contributed by atoms with Crippen LogP contribution < -0.4 is 0 Å². The third-order valence-corrected chi connectivity index (χ3v) is 4.67. The van der Waals surface area contributed by atoms with Gasteiger partial charge in [-0.1, -0.05) is 0 Å². The first-order valence-corrected chi connectivity index (χ1v) is 5.43. The van der Waals surface area contributed by atoms with E-state index >= 15 is 0 Å². The van der Waals surface area contributed by atoms with Crippen LogP contribution in [0.5, 0.6) is 0 Å². The van der Waals surface area contributed by atoms with E-state index in [1.54, 1.807) is 0 Å². The highest BCUT2D eigenvalue weighted by molar-refractivity contribution is 5.02. The van der Waals surface area contributed by atoms with E-state index < -0.39 is 0 Å². The average Bonchev–Trinajstić information content (AvgIpc) is 2.76. The number of hydrogen-bond donors (Lipinski definition) is 0. The molecule has 3 rings (SSSR count). The van der Waals surface area contributed by atoms with Crippen molar-refractivity contribution in [3.63, 3.8) is 0 Å². The number of fused-ring (bicyclic) bond motifs is 5. The molecule has 1 heteroatoms. The number of hydrogen-bond acceptors (Lipinski definition) is 1. The highest BCUT2D eigenvalue weighted by Crippen LogP contribution is 2.59. The van der Waals surface area contributed by atoms with Gasteiger partial charge in [-0.05, 0) is 55.8 Å². The second kappa shape index (κ2) is 2.47. The van der Waals surface area contributed by atoms with Gasteiger partial charge in [0.1, 0.15) is 0 Å². The lowest BCUT2D eigenvalue weighted by Gasteiger charge is -2.27. The zero-order chi connectivity index (χ0) is 8.13. The van der Waals surface area contributed by atoms with Gasteiger partial charge in [-0.15, -0.1) is 0 Å². The Kier molecular flexibility index (Phi) is 1.52. The molecule has 3 saturated carbocycles. The minimum atomic E-state index is 0.630. The fourth-order valence-electron chi connectivity index (χ4n) is 4.29. The maximum atomic E-state index is 5.58. The smallest absolute Gasteiger partial charge is 0.0605 e. The third kappa shape index (κ3) is 0.783. The van der Waals surface area contributed by atoms with Crippen LogP contribution in [0.4, 0.5) is 0 Å². The molecule has 0 N–H and O–H groups in total. The van der Waals surface area contributed by atoms with Crippen molar-refractivity contribution >= 4 is 0 Å². The van der Waals surface area contributed by atoms with E-state index in [4.69, 9.17) is 4.74 Å². The van der Waals surface area contributed by atoms with Crippen molar-refractivity contribution in [3.8, 4) is 0 Å². The molecule has 0 spiro atoms. The molecule has 1 nitrogen and oxygen atoms in total. The first-order chi connectivity index (χ1) is 5.90. The molecule has 68 valence electrons. The molecule has 0 aromatic rings. The highest BCUT2D eigenvalue weighted by atomic mass is 16.5. The summed E-state index contributed by atoms with van der Waals surface area (Å²) in [5.41, 5.74) is 0. The average molecular weight is 166 g/mol. The van der Waals surface area contributed by atoms with Gasteiger partial charge in [-0.3, -0.25) is 0 Å². The van der Waals surface area contributed by atoms with E-state index in [0.717, 1.165) is 23.7 Å². The Bertz CT molecular complexity index is 187. The van der Waals surface area contributed by atoms with Crippen molar-refractivity contribution in [1.82, 2.24) is 0 Å². The van der Waals surface area contributed by atoms with Crippen LogP contribution in [-0.4, -0.2) is 13.2 Å². The van der Waals surface area contributed by atoms with Crippen LogP contribution in [0, 0.1) is 23.7 Å². The molecule has 0 amide bonds. The Labute approximate surface area is 74.5 Å². The second-order valence-electron chi connectivity index (χ2n) is 4.93. The molecule has 3 fully saturated rings. The Morgan fingerprint density at radius 1 is 1.00 bits per heavy atom. The van der Waals surface area contributed by atoms with Crippen molar-refractivity contribution in [1.29, 1.82) is 0 Å². The lowest BCUT2D eigenvalue weighted by Crippen LogP contribution is -2.26. The predicted molar refractivity (Wildman–Crippen MR) is 47.8 cm³/mol. The van der Waals surface area contributed by atoms with E-state index in [9.17, 15) is 0 Å². The molecule has 5 atom stereocenters. The highest BCUT2D eigenvalue weighted by Gasteiger charge is 2.53. The summed E-state index contributed by atoms with van der Waals surface area (Å²) in [7, 11) is 1.90. The van der Waals surface area contributed by atoms with Gasteiger partial charge in [0, 0.05) is 7.11 Å². The van der Waals surface area contributed by atoms with Crippen LogP contribution in [0.2, 0.25) is 0 Å². The molecule has 12 heavy (non-hydrogen) atoms. The van der Waals surface area contributed by atoms with Crippen LogP contribution >= 0.6 is 0 Å². The molecule has 3 aliphatic rings. The van der Waals surface area contributed by atoms with Crippen molar-refractivity contribution in [2.75, 3.05) is 7.11 Å². The molecule has 0 aromatic heterocycles. The van der Waals surface area contributed by atoms with Crippen molar-refractivity contribution in [2.45, 2.75) is 38.2 Å². The molecule has 0 aliphatic heterocycles. The molecule has 0 unspecified atom stereocenters. The minimum Gasteiger partial charge on any atom is -0.381 e. The van der Waals surface area contributed by atoms with E-state index in [2.05, 4.69) is 0 Å². The van der Waals surface area contributed by atoms with E-state index in [0.29, 0.717) is 6.10 Å². The van der Waals surface area contributed by atoms with Gasteiger partial charge in [-0.25, -0.2) is 0 Å². The molecule has 0 aromatic carbocycles. The largest absolute Gasteiger partial charge is 0.381 e. The summed E-state index contributed by atoms with van der Waals surface area (Å²) in [6.45, 7) is 0. The van der Waals surface area contributed by atoms with Crippen LogP contribution in [0.15, 0.2) is 0 Å². The van der Waals surface area contributed by atoms with Crippen molar-refractivity contribution in [3.05, 3.63) is 0 Å². The summed E-state index contributed by atoms with van der Waals surface area (Å²) in [5, 5.41) is 0. The maximum Gasteiger partial charge on any atom is 0.0605 e. The Morgan fingerprint density at radius 2 is 1.83 bits per heavy atom. The Balaban J connectivity index is 1.85. The number of rotatable bonds is 1. The van der Waals surface area contributed by atoms with E-state index in [-0.39, 0.29) is 0 Å². The number of ether oxygens (including phenoxy) is 1. The molecule has 0 radical (unpaired) electrons. The fraction of sp³-hybridized carbons (Fsp3) is 1.00. The van der Waals surface area contributed by atoms with Crippen molar-refractivity contribution in [2.24, 2.45) is 23.7 Å². The molecule has 0 heterocycles. The molecule has 0 saturated heterocycles. The van der Waals surface area contributed by atoms with E-state index in [1.807, 2.05) is 7.11 Å². The van der Waals surface area contributed by atoms with Crippen LogP contribution in [0.3, 0.4) is 0 Å². The minimum absolute atomic E-state index is 0.630. The van der Waals surface area contributed by atoms with E-state index in [1.165, 1.54) is 32.1 Å². The molecule has 2 bridgehead atoms. The monoisotopic (exact) mass is 166 g/mol. The van der Waals surface area contributed by atoms with Gasteiger partial charge >= 0.3 is 0 Å². The molecule has 3 aliphatic carbocycles. The van der Waals surface area contributed by atoms with Crippen molar-refractivity contribution < 1.29 is 4.74 Å². The molecular formula is C11H18O. The predicted octanol–water partition coefficient (Wildman–Crippen LogP) is 2.46. The standard InChI is InChI=1S/C11H18O/c1-12-10-5-4-9-7-2-3-8(6-7)11(9)10/h7-11H,2-6H2,1H3/t7-,8-,9-,10-,11+/m1/s1. The second-order valence-corrected chi connectivity index (χ2v) is 4.93. The van der Waals surface area contributed by atoms with Gasteiger partial charge in [0.25, 0.3) is 0 Å². The summed E-state index contributed by atoms with van der Waals surface area (Å²) in [5.74, 6) is 4.18. The lowest BCUT2D eigenvalue weighted by molar-refractivity contribution is 0.0403. The Hall–Kier alpha value is -0.0400. The lowest BCUT2D eigenvalue weighted by atomic mass is 9.81. The summed E-state index contributed by atoms with van der Waals surface area (Å²) in [4.78, 5) is 0. The van der Waals surface area contributed by atoms with Crippen LogP contribution in [-0.2, 0) is 4.74 Å². The first-order valence-electron chi connectivity index (χ1n) is 5.43. The Morgan fingerprint density at radius 3 is 2.67 bits per heavy atom. The number of methoxy groups -OCH3 is 1. The maximum absolute atomic E-state index is 5.58. The van der Waals surface area contributed by atoms with Gasteiger partial charge in [0.15, 0.2) is 0 Å².